The van der Waals surface area contributed by atoms with Crippen LogP contribution in [0.1, 0.15) is 19.4 Å². The van der Waals surface area contributed by atoms with Crippen LogP contribution < -0.4 is 5.73 Å². The first-order chi connectivity index (χ1) is 7.52. The van der Waals surface area contributed by atoms with E-state index < -0.39 is 11.6 Å². The minimum absolute atomic E-state index is 0.301. The molecule has 0 aliphatic heterocycles. The van der Waals surface area contributed by atoms with Gasteiger partial charge in [-0.05, 0) is 31.5 Å². The van der Waals surface area contributed by atoms with E-state index in [1.807, 2.05) is 13.8 Å². The zero-order chi connectivity index (χ0) is 12.1. The molecule has 0 saturated heterocycles. The van der Waals surface area contributed by atoms with Crippen LogP contribution in [0, 0.1) is 11.6 Å². The summed E-state index contributed by atoms with van der Waals surface area (Å²) in [5, 5.41) is 0. The molecule has 0 radical (unpaired) electrons. The summed E-state index contributed by atoms with van der Waals surface area (Å²) in [5.74, 6) is -1.07. The number of hydrogen-bond acceptors (Lipinski definition) is 2. The molecule has 1 aromatic rings. The summed E-state index contributed by atoms with van der Waals surface area (Å²) in [6, 6.07) is 3.89. The minimum atomic E-state index is -0.536. The van der Waals surface area contributed by atoms with Gasteiger partial charge in [-0.15, -0.1) is 0 Å². The molecule has 0 bridgehead atoms. The van der Waals surface area contributed by atoms with Gasteiger partial charge in [0.2, 0.25) is 0 Å². The third kappa shape index (κ3) is 3.87. The number of rotatable bonds is 5. The number of halogens is 2. The molecule has 0 aliphatic rings. The van der Waals surface area contributed by atoms with E-state index in [9.17, 15) is 8.78 Å². The second-order valence-corrected chi connectivity index (χ2v) is 4.13. The number of nitrogens with zero attached hydrogens (tertiary/aromatic N) is 1. The Morgan fingerprint density at radius 1 is 1.19 bits per heavy atom. The first kappa shape index (κ1) is 13.1. The largest absolute Gasteiger partial charge is 0.329 e. The van der Waals surface area contributed by atoms with Crippen LogP contribution in [0.2, 0.25) is 0 Å². The number of benzene rings is 1. The van der Waals surface area contributed by atoms with Gasteiger partial charge in [0, 0.05) is 31.7 Å². The van der Waals surface area contributed by atoms with Gasteiger partial charge in [0.15, 0.2) is 0 Å². The molecule has 0 saturated carbocycles. The lowest BCUT2D eigenvalue weighted by Gasteiger charge is -2.25. The molecular formula is C12H18F2N2. The maximum Gasteiger partial charge on any atom is 0.126 e. The van der Waals surface area contributed by atoms with Gasteiger partial charge in [-0.3, -0.25) is 4.90 Å². The van der Waals surface area contributed by atoms with Crippen LogP contribution in [0.25, 0.3) is 0 Å². The fourth-order valence-electron chi connectivity index (χ4n) is 1.62. The van der Waals surface area contributed by atoms with Crippen molar-refractivity contribution in [3.05, 3.63) is 35.4 Å². The molecule has 2 nitrogen and oxygen atoms in total. The molecule has 0 atom stereocenters. The molecule has 0 unspecified atom stereocenters. The lowest BCUT2D eigenvalue weighted by Crippen LogP contribution is -2.34. The topological polar surface area (TPSA) is 29.3 Å². The SMILES string of the molecule is CC(C)N(CCN)Cc1cc(F)cc(F)c1. The number of hydrogen-bond donors (Lipinski definition) is 1. The third-order valence-corrected chi connectivity index (χ3v) is 2.45. The Balaban J connectivity index is 2.76. The van der Waals surface area contributed by atoms with Crippen LogP contribution in [0.3, 0.4) is 0 Å². The molecule has 0 fully saturated rings. The lowest BCUT2D eigenvalue weighted by atomic mass is 10.1. The van der Waals surface area contributed by atoms with Crippen LogP contribution in [0.15, 0.2) is 18.2 Å². The monoisotopic (exact) mass is 228 g/mol. The molecule has 0 amide bonds. The predicted molar refractivity (Wildman–Crippen MR) is 61.0 cm³/mol. The molecule has 2 N–H and O–H groups in total. The summed E-state index contributed by atoms with van der Waals surface area (Å²) in [5.41, 5.74) is 6.13. The summed E-state index contributed by atoms with van der Waals surface area (Å²) in [6.45, 7) is 5.84. The van der Waals surface area contributed by atoms with E-state index in [4.69, 9.17) is 5.73 Å². The zero-order valence-electron chi connectivity index (χ0n) is 9.71. The van der Waals surface area contributed by atoms with Crippen LogP contribution in [0.5, 0.6) is 0 Å². The van der Waals surface area contributed by atoms with Gasteiger partial charge in [0.1, 0.15) is 11.6 Å². The van der Waals surface area contributed by atoms with Crippen molar-refractivity contribution in [2.24, 2.45) is 5.73 Å². The molecule has 4 heteroatoms. The summed E-state index contributed by atoms with van der Waals surface area (Å²) in [4.78, 5) is 2.08. The Labute approximate surface area is 95.1 Å². The molecule has 90 valence electrons. The van der Waals surface area contributed by atoms with E-state index in [1.54, 1.807) is 0 Å². The van der Waals surface area contributed by atoms with Crippen molar-refractivity contribution in [2.75, 3.05) is 13.1 Å². The fraction of sp³-hybridized carbons (Fsp3) is 0.500. The van der Waals surface area contributed by atoms with Crippen LogP contribution >= 0.6 is 0 Å². The van der Waals surface area contributed by atoms with Gasteiger partial charge in [0.25, 0.3) is 0 Å². The molecule has 16 heavy (non-hydrogen) atoms. The highest BCUT2D eigenvalue weighted by atomic mass is 19.1. The highest BCUT2D eigenvalue weighted by molar-refractivity contribution is 5.17. The van der Waals surface area contributed by atoms with E-state index >= 15 is 0 Å². The maximum atomic E-state index is 13.0. The molecule has 0 aliphatic carbocycles. The quantitative estimate of drug-likeness (QED) is 0.836. The Bertz CT molecular complexity index is 320. The zero-order valence-corrected chi connectivity index (χ0v) is 9.71. The Kier molecular flexibility index (Phi) is 4.83. The summed E-state index contributed by atoms with van der Waals surface area (Å²) in [7, 11) is 0. The Morgan fingerprint density at radius 3 is 2.19 bits per heavy atom. The predicted octanol–water partition coefficient (Wildman–Crippen LogP) is 2.13. The Hall–Kier alpha value is -1.00. The summed E-state index contributed by atoms with van der Waals surface area (Å²) >= 11 is 0. The molecular weight excluding hydrogens is 210 g/mol. The molecule has 1 rings (SSSR count). The van der Waals surface area contributed by atoms with Crippen molar-refractivity contribution < 1.29 is 8.78 Å². The van der Waals surface area contributed by atoms with Gasteiger partial charge in [-0.1, -0.05) is 0 Å². The van der Waals surface area contributed by atoms with Crippen molar-refractivity contribution in [1.82, 2.24) is 4.90 Å². The van der Waals surface area contributed by atoms with Crippen LogP contribution in [-0.2, 0) is 6.54 Å². The molecule has 0 heterocycles. The van der Waals surface area contributed by atoms with E-state index in [0.717, 1.165) is 12.6 Å². The van der Waals surface area contributed by atoms with Gasteiger partial charge in [-0.2, -0.15) is 0 Å². The molecule has 0 spiro atoms. The minimum Gasteiger partial charge on any atom is -0.329 e. The van der Waals surface area contributed by atoms with E-state index in [1.165, 1.54) is 12.1 Å². The maximum absolute atomic E-state index is 13.0. The first-order valence-electron chi connectivity index (χ1n) is 5.42. The second kappa shape index (κ2) is 5.92. The van der Waals surface area contributed by atoms with Gasteiger partial charge in [0.05, 0.1) is 0 Å². The summed E-state index contributed by atoms with van der Waals surface area (Å²) in [6.07, 6.45) is 0. The Morgan fingerprint density at radius 2 is 1.75 bits per heavy atom. The van der Waals surface area contributed by atoms with E-state index in [2.05, 4.69) is 4.90 Å². The third-order valence-electron chi connectivity index (χ3n) is 2.45. The fourth-order valence-corrected chi connectivity index (χ4v) is 1.62. The highest BCUT2D eigenvalue weighted by Crippen LogP contribution is 2.12. The van der Waals surface area contributed by atoms with E-state index in [0.29, 0.717) is 24.7 Å². The standard InChI is InChI=1S/C12H18F2N2/c1-9(2)16(4-3-15)8-10-5-11(13)7-12(14)6-10/h5-7,9H,3-4,8,15H2,1-2H3. The van der Waals surface area contributed by atoms with Gasteiger partial charge >= 0.3 is 0 Å². The van der Waals surface area contributed by atoms with Crippen molar-refractivity contribution in [3.63, 3.8) is 0 Å². The normalized spacial score (nSPS) is 11.4. The van der Waals surface area contributed by atoms with E-state index in [-0.39, 0.29) is 0 Å². The van der Waals surface area contributed by atoms with Crippen LogP contribution in [-0.4, -0.2) is 24.0 Å². The van der Waals surface area contributed by atoms with Crippen molar-refractivity contribution in [3.8, 4) is 0 Å². The lowest BCUT2D eigenvalue weighted by molar-refractivity contribution is 0.218. The van der Waals surface area contributed by atoms with Crippen molar-refractivity contribution in [1.29, 1.82) is 0 Å². The first-order valence-corrected chi connectivity index (χ1v) is 5.42. The smallest absolute Gasteiger partial charge is 0.126 e. The van der Waals surface area contributed by atoms with Gasteiger partial charge in [-0.25, -0.2) is 8.78 Å². The highest BCUT2D eigenvalue weighted by Gasteiger charge is 2.10. The van der Waals surface area contributed by atoms with Gasteiger partial charge < -0.3 is 5.73 Å². The molecule has 0 aromatic heterocycles. The average molecular weight is 228 g/mol. The van der Waals surface area contributed by atoms with Crippen LogP contribution in [0.4, 0.5) is 8.78 Å². The summed E-state index contributed by atoms with van der Waals surface area (Å²) < 4.78 is 26.0. The number of nitrogens with two attached hydrogens (primary N) is 1. The van der Waals surface area contributed by atoms with Crippen molar-refractivity contribution >= 4 is 0 Å². The average Bonchev–Trinajstić information content (AvgIpc) is 2.15. The van der Waals surface area contributed by atoms with Crippen molar-refractivity contribution in [2.45, 2.75) is 26.4 Å². The second-order valence-electron chi connectivity index (χ2n) is 4.13. The molecule has 1 aromatic carbocycles.